The van der Waals surface area contributed by atoms with Crippen molar-refractivity contribution >= 4 is 17.3 Å². The van der Waals surface area contributed by atoms with Crippen LogP contribution in [0.1, 0.15) is 25.0 Å². The lowest BCUT2D eigenvalue weighted by molar-refractivity contribution is -0.137. The Morgan fingerprint density at radius 3 is 2.28 bits per heavy atom. The zero-order valence-electron chi connectivity index (χ0n) is 16.7. The van der Waals surface area contributed by atoms with Gasteiger partial charge in [-0.05, 0) is 23.8 Å². The van der Waals surface area contributed by atoms with Gasteiger partial charge in [-0.1, -0.05) is 44.2 Å². The van der Waals surface area contributed by atoms with E-state index in [0.29, 0.717) is 18.8 Å². The quantitative estimate of drug-likeness (QED) is 0.788. The Hall–Kier alpha value is -2.54. The summed E-state index contributed by atoms with van der Waals surface area (Å²) in [5, 5.41) is 2.68. The molecule has 0 unspecified atom stereocenters. The number of hydrogen-bond acceptors (Lipinski definition) is 3. The third kappa shape index (κ3) is 5.50. The first kappa shape index (κ1) is 21.2. The molecule has 0 saturated carbocycles. The van der Waals surface area contributed by atoms with Crippen LogP contribution in [0.2, 0.25) is 0 Å². The first-order chi connectivity index (χ1) is 13.7. The Kier molecular flexibility index (Phi) is 6.47. The highest BCUT2D eigenvalue weighted by molar-refractivity contribution is 5.95. The van der Waals surface area contributed by atoms with Gasteiger partial charge in [0.2, 0.25) is 5.91 Å². The summed E-state index contributed by atoms with van der Waals surface area (Å²) in [7, 11) is 0. The van der Waals surface area contributed by atoms with Crippen LogP contribution in [0, 0.1) is 5.92 Å². The molecule has 2 aromatic carbocycles. The number of alkyl halides is 3. The maximum absolute atomic E-state index is 13.2. The van der Waals surface area contributed by atoms with E-state index >= 15 is 0 Å². The number of halogens is 3. The second-order valence-electron chi connectivity index (χ2n) is 7.62. The Morgan fingerprint density at radius 2 is 1.69 bits per heavy atom. The van der Waals surface area contributed by atoms with E-state index in [1.54, 1.807) is 13.8 Å². The number of nitrogens with one attached hydrogen (secondary N) is 1. The van der Waals surface area contributed by atoms with E-state index in [1.807, 2.05) is 23.1 Å². The summed E-state index contributed by atoms with van der Waals surface area (Å²) in [6, 6.07) is 13.8. The summed E-state index contributed by atoms with van der Waals surface area (Å²) in [6.07, 6.45) is -4.45. The molecule has 0 atom stereocenters. The lowest BCUT2D eigenvalue weighted by Crippen LogP contribution is -2.46. The maximum Gasteiger partial charge on any atom is 0.416 e. The van der Waals surface area contributed by atoms with Crippen LogP contribution in [0.4, 0.5) is 24.5 Å². The number of nitrogens with zero attached hydrogens (tertiary/aromatic N) is 2. The fourth-order valence-electron chi connectivity index (χ4n) is 3.35. The molecule has 1 heterocycles. The molecule has 3 rings (SSSR count). The van der Waals surface area contributed by atoms with Crippen molar-refractivity contribution in [3.63, 3.8) is 0 Å². The largest absolute Gasteiger partial charge is 0.416 e. The van der Waals surface area contributed by atoms with Crippen LogP contribution in [0.25, 0.3) is 0 Å². The predicted molar refractivity (Wildman–Crippen MR) is 109 cm³/mol. The highest BCUT2D eigenvalue weighted by atomic mass is 19.4. The molecular weight excluding hydrogens is 379 g/mol. The van der Waals surface area contributed by atoms with Gasteiger partial charge in [0.15, 0.2) is 0 Å². The van der Waals surface area contributed by atoms with Gasteiger partial charge in [-0.25, -0.2) is 0 Å². The predicted octanol–water partition coefficient (Wildman–Crippen LogP) is 4.62. The van der Waals surface area contributed by atoms with E-state index in [0.717, 1.165) is 31.8 Å². The van der Waals surface area contributed by atoms with Crippen molar-refractivity contribution in [3.8, 4) is 0 Å². The molecule has 4 nitrogen and oxygen atoms in total. The Balaban J connectivity index is 1.74. The van der Waals surface area contributed by atoms with Crippen LogP contribution in [0.15, 0.2) is 48.5 Å². The minimum atomic E-state index is -4.45. The fraction of sp³-hybridized carbons (Fsp3) is 0.409. The van der Waals surface area contributed by atoms with Crippen molar-refractivity contribution in [2.45, 2.75) is 26.6 Å². The SMILES string of the molecule is CC(C)C(=O)Nc1cc(C(F)(F)F)ccc1N1CCN(Cc2ccccc2)CC1. The number of benzene rings is 2. The van der Waals surface area contributed by atoms with Crippen LogP contribution >= 0.6 is 0 Å². The monoisotopic (exact) mass is 405 g/mol. The van der Waals surface area contributed by atoms with Crippen molar-refractivity contribution in [3.05, 3.63) is 59.7 Å². The van der Waals surface area contributed by atoms with E-state index in [2.05, 4.69) is 22.3 Å². The van der Waals surface area contributed by atoms with Gasteiger partial charge >= 0.3 is 6.18 Å². The highest BCUT2D eigenvalue weighted by Crippen LogP contribution is 2.36. The Bertz CT molecular complexity index is 829. The molecule has 1 amide bonds. The molecule has 1 fully saturated rings. The molecule has 0 aromatic heterocycles. The Labute approximate surface area is 169 Å². The summed E-state index contributed by atoms with van der Waals surface area (Å²) < 4.78 is 39.5. The molecule has 1 saturated heterocycles. The fourth-order valence-corrected chi connectivity index (χ4v) is 3.35. The van der Waals surface area contributed by atoms with Crippen LogP contribution in [0.3, 0.4) is 0 Å². The second-order valence-corrected chi connectivity index (χ2v) is 7.62. The molecule has 2 aromatic rings. The van der Waals surface area contributed by atoms with E-state index in [-0.39, 0.29) is 17.5 Å². The van der Waals surface area contributed by atoms with Gasteiger partial charge in [0.25, 0.3) is 0 Å². The molecular formula is C22H26F3N3O. The van der Waals surface area contributed by atoms with Crippen molar-refractivity contribution < 1.29 is 18.0 Å². The summed E-state index contributed by atoms with van der Waals surface area (Å²) in [5.41, 5.74) is 1.32. The zero-order valence-corrected chi connectivity index (χ0v) is 16.7. The number of piperazine rings is 1. The Morgan fingerprint density at radius 1 is 1.03 bits per heavy atom. The van der Waals surface area contributed by atoms with E-state index < -0.39 is 11.7 Å². The molecule has 0 aliphatic carbocycles. The molecule has 156 valence electrons. The second kappa shape index (κ2) is 8.86. The lowest BCUT2D eigenvalue weighted by atomic mass is 10.1. The zero-order chi connectivity index (χ0) is 21.0. The average Bonchev–Trinajstić information content (AvgIpc) is 2.68. The molecule has 0 radical (unpaired) electrons. The third-order valence-electron chi connectivity index (χ3n) is 5.07. The smallest absolute Gasteiger partial charge is 0.367 e. The summed E-state index contributed by atoms with van der Waals surface area (Å²) in [4.78, 5) is 16.5. The number of hydrogen-bond donors (Lipinski definition) is 1. The van der Waals surface area contributed by atoms with Gasteiger partial charge in [-0.3, -0.25) is 9.69 Å². The number of carbonyl (C=O) groups is 1. The van der Waals surface area contributed by atoms with Crippen LogP contribution in [0.5, 0.6) is 0 Å². The first-order valence-corrected chi connectivity index (χ1v) is 9.77. The molecule has 1 aliphatic heterocycles. The minimum absolute atomic E-state index is 0.218. The standard InChI is InChI=1S/C22H26F3N3O/c1-16(2)21(29)26-19-14-18(22(23,24)25)8-9-20(19)28-12-10-27(11-13-28)15-17-6-4-3-5-7-17/h3-9,14,16H,10-13,15H2,1-2H3,(H,26,29). The molecule has 1 aliphatic rings. The van der Waals surface area contributed by atoms with Gasteiger partial charge in [-0.2, -0.15) is 13.2 Å². The number of anilines is 2. The molecule has 7 heteroatoms. The summed E-state index contributed by atoms with van der Waals surface area (Å²) in [6.45, 7) is 7.24. The normalized spacial score (nSPS) is 15.6. The first-order valence-electron chi connectivity index (χ1n) is 9.77. The van der Waals surface area contributed by atoms with Crippen LogP contribution < -0.4 is 10.2 Å². The number of amides is 1. The maximum atomic E-state index is 13.2. The summed E-state index contributed by atoms with van der Waals surface area (Å²) in [5.74, 6) is -0.617. The number of carbonyl (C=O) groups excluding carboxylic acids is 1. The number of rotatable bonds is 5. The van der Waals surface area contributed by atoms with Gasteiger partial charge < -0.3 is 10.2 Å². The third-order valence-corrected chi connectivity index (χ3v) is 5.07. The van der Waals surface area contributed by atoms with E-state index in [9.17, 15) is 18.0 Å². The van der Waals surface area contributed by atoms with Crippen molar-refractivity contribution in [2.75, 3.05) is 36.4 Å². The van der Waals surface area contributed by atoms with Gasteiger partial charge in [0, 0.05) is 38.6 Å². The van der Waals surface area contributed by atoms with Gasteiger partial charge in [0.1, 0.15) is 0 Å². The van der Waals surface area contributed by atoms with Crippen molar-refractivity contribution in [2.24, 2.45) is 5.92 Å². The van der Waals surface area contributed by atoms with E-state index in [1.165, 1.54) is 11.6 Å². The van der Waals surface area contributed by atoms with Gasteiger partial charge in [0.05, 0.1) is 16.9 Å². The highest BCUT2D eigenvalue weighted by Gasteiger charge is 2.32. The average molecular weight is 405 g/mol. The molecule has 0 spiro atoms. The van der Waals surface area contributed by atoms with Crippen molar-refractivity contribution in [1.29, 1.82) is 0 Å². The lowest BCUT2D eigenvalue weighted by Gasteiger charge is -2.37. The summed E-state index contributed by atoms with van der Waals surface area (Å²) >= 11 is 0. The minimum Gasteiger partial charge on any atom is -0.367 e. The van der Waals surface area contributed by atoms with E-state index in [4.69, 9.17) is 0 Å². The van der Waals surface area contributed by atoms with Crippen LogP contribution in [-0.4, -0.2) is 37.0 Å². The molecule has 1 N–H and O–H groups in total. The van der Waals surface area contributed by atoms with Gasteiger partial charge in [-0.15, -0.1) is 0 Å². The van der Waals surface area contributed by atoms with Crippen LogP contribution in [-0.2, 0) is 17.5 Å². The topological polar surface area (TPSA) is 35.6 Å². The van der Waals surface area contributed by atoms with Crippen molar-refractivity contribution in [1.82, 2.24) is 4.90 Å². The molecule has 29 heavy (non-hydrogen) atoms. The molecule has 0 bridgehead atoms.